The summed E-state index contributed by atoms with van der Waals surface area (Å²) in [4.78, 5) is 11.1. The highest BCUT2D eigenvalue weighted by Gasteiger charge is 2.30. The lowest BCUT2D eigenvalue weighted by atomic mass is 9.84. The smallest absolute Gasteiger partial charge is 0.254 e. The molecule has 3 heterocycles. The molecule has 0 spiro atoms. The summed E-state index contributed by atoms with van der Waals surface area (Å²) in [6.45, 7) is 1.47. The predicted octanol–water partition coefficient (Wildman–Crippen LogP) is 4.49. The molecule has 8 nitrogen and oxygen atoms in total. The van der Waals surface area contributed by atoms with E-state index in [1.807, 2.05) is 11.0 Å². The molecule has 1 saturated heterocycles. The second-order valence-corrected chi connectivity index (χ2v) is 11.7. The van der Waals surface area contributed by atoms with Crippen molar-refractivity contribution < 1.29 is 12.8 Å². The summed E-state index contributed by atoms with van der Waals surface area (Å²) in [7, 11) is -3.68. The Morgan fingerprint density at radius 1 is 0.838 bits per heavy atom. The van der Waals surface area contributed by atoms with E-state index in [1.54, 1.807) is 10.7 Å². The maximum Gasteiger partial charge on any atom is 0.254 e. The molecule has 1 aliphatic heterocycles. The number of fused-ring (bicyclic) bond motifs is 1. The van der Waals surface area contributed by atoms with Crippen molar-refractivity contribution in [2.75, 3.05) is 31.1 Å². The number of hydrogen-bond donors (Lipinski definition) is 0. The largest absolute Gasteiger partial charge is 0.337 e. The number of piperazine rings is 1. The number of hydrogen-bond acceptors (Lipinski definition) is 6. The lowest BCUT2D eigenvalue weighted by Gasteiger charge is -2.33. The highest BCUT2D eigenvalue weighted by atomic mass is 32.2. The van der Waals surface area contributed by atoms with E-state index in [-0.39, 0.29) is 18.0 Å². The van der Waals surface area contributed by atoms with Crippen LogP contribution in [0.4, 0.5) is 10.3 Å². The molecule has 1 aliphatic carbocycles. The van der Waals surface area contributed by atoms with Gasteiger partial charge < -0.3 is 4.90 Å². The minimum Gasteiger partial charge on any atom is -0.337 e. The van der Waals surface area contributed by atoms with E-state index >= 15 is 0 Å². The van der Waals surface area contributed by atoms with Crippen molar-refractivity contribution in [2.24, 2.45) is 0 Å². The van der Waals surface area contributed by atoms with Crippen molar-refractivity contribution in [1.82, 2.24) is 23.9 Å². The molecule has 2 aromatic carbocycles. The molecule has 10 heteroatoms. The number of rotatable bonds is 5. The molecule has 2 aromatic heterocycles. The monoisotopic (exact) mass is 520 g/mol. The van der Waals surface area contributed by atoms with Gasteiger partial charge >= 0.3 is 0 Å². The van der Waals surface area contributed by atoms with Gasteiger partial charge in [0, 0.05) is 37.9 Å². The Morgan fingerprint density at radius 3 is 2.24 bits per heavy atom. The van der Waals surface area contributed by atoms with Crippen molar-refractivity contribution in [2.45, 2.75) is 42.9 Å². The lowest BCUT2D eigenvalue weighted by Crippen LogP contribution is -2.49. The molecule has 0 atom stereocenters. The zero-order chi connectivity index (χ0) is 25.4. The first-order valence-electron chi connectivity index (χ1n) is 12.8. The predicted molar refractivity (Wildman–Crippen MR) is 139 cm³/mol. The summed E-state index contributed by atoms with van der Waals surface area (Å²) < 4.78 is 42.3. The molecule has 2 aliphatic rings. The molecule has 0 unspecified atom stereocenters. The second-order valence-electron chi connectivity index (χ2n) is 9.76. The molecule has 6 rings (SSSR count). The van der Waals surface area contributed by atoms with E-state index < -0.39 is 15.8 Å². The average molecular weight is 521 g/mol. The van der Waals surface area contributed by atoms with Gasteiger partial charge in [0.2, 0.25) is 16.0 Å². The van der Waals surface area contributed by atoms with Gasteiger partial charge in [-0.25, -0.2) is 17.8 Å². The first-order chi connectivity index (χ1) is 18.0. The highest BCUT2D eigenvalue weighted by Crippen LogP contribution is 2.33. The maximum absolute atomic E-state index is 13.2. The van der Waals surface area contributed by atoms with Crippen LogP contribution in [0.15, 0.2) is 65.7 Å². The van der Waals surface area contributed by atoms with Crippen molar-refractivity contribution in [3.05, 3.63) is 72.2 Å². The molecule has 192 valence electrons. The Labute approximate surface area is 215 Å². The topological polar surface area (TPSA) is 83.7 Å². The minimum absolute atomic E-state index is 0.0940. The molecule has 0 N–H and O–H groups in total. The van der Waals surface area contributed by atoms with Gasteiger partial charge in [-0.15, -0.1) is 5.10 Å². The summed E-state index contributed by atoms with van der Waals surface area (Å²) >= 11 is 0. The molecule has 1 saturated carbocycles. The van der Waals surface area contributed by atoms with Crippen LogP contribution in [-0.2, 0) is 10.0 Å². The molecule has 37 heavy (non-hydrogen) atoms. The molecular weight excluding hydrogens is 491 g/mol. The van der Waals surface area contributed by atoms with Crippen LogP contribution >= 0.6 is 0 Å². The van der Waals surface area contributed by atoms with E-state index in [2.05, 4.69) is 34.2 Å². The number of anilines is 1. The second kappa shape index (κ2) is 9.83. The number of nitrogens with zero attached hydrogens (tertiary/aromatic N) is 6. The van der Waals surface area contributed by atoms with E-state index in [0.29, 0.717) is 30.7 Å². The first-order valence-corrected chi connectivity index (χ1v) is 14.3. The molecule has 0 radical (unpaired) electrons. The van der Waals surface area contributed by atoms with Crippen molar-refractivity contribution in [1.29, 1.82) is 0 Å². The third-order valence-corrected chi connectivity index (χ3v) is 9.40. The highest BCUT2D eigenvalue weighted by molar-refractivity contribution is 7.89. The Bertz CT molecular complexity index is 1490. The van der Waals surface area contributed by atoms with Crippen LogP contribution < -0.4 is 4.90 Å². The normalized spacial score (nSPS) is 17.9. The SMILES string of the molecule is O=S(=O)(c1ccc(F)cc1)N1CCN(c2nc3nccc(-c4ccc(C5CCCCC5)cc4)n3n2)CC1. The summed E-state index contributed by atoms with van der Waals surface area (Å²) in [5, 5.41) is 4.74. The van der Waals surface area contributed by atoms with Crippen LogP contribution in [0.1, 0.15) is 43.6 Å². The van der Waals surface area contributed by atoms with Gasteiger partial charge in [-0.2, -0.15) is 13.8 Å². The Hall–Kier alpha value is -3.37. The maximum atomic E-state index is 13.2. The number of sulfonamides is 1. The molecule has 0 amide bonds. The van der Waals surface area contributed by atoms with Crippen LogP contribution in [-0.4, -0.2) is 58.5 Å². The summed E-state index contributed by atoms with van der Waals surface area (Å²) in [5.41, 5.74) is 3.37. The van der Waals surface area contributed by atoms with Crippen LogP contribution in [0, 0.1) is 5.82 Å². The van der Waals surface area contributed by atoms with Crippen LogP contribution in [0.3, 0.4) is 0 Å². The van der Waals surface area contributed by atoms with Crippen LogP contribution in [0.2, 0.25) is 0 Å². The van der Waals surface area contributed by atoms with Crippen LogP contribution in [0.25, 0.3) is 17.0 Å². The summed E-state index contributed by atoms with van der Waals surface area (Å²) in [6.07, 6.45) is 8.24. The Kier molecular flexibility index (Phi) is 6.37. The van der Waals surface area contributed by atoms with E-state index in [9.17, 15) is 12.8 Å². The quantitative estimate of drug-likeness (QED) is 0.386. The van der Waals surface area contributed by atoms with E-state index in [4.69, 9.17) is 5.10 Å². The van der Waals surface area contributed by atoms with Gasteiger partial charge in [0.1, 0.15) is 5.82 Å². The zero-order valence-electron chi connectivity index (χ0n) is 20.5. The Balaban J connectivity index is 1.19. The van der Waals surface area contributed by atoms with E-state index in [0.717, 1.165) is 23.4 Å². The van der Waals surface area contributed by atoms with Gasteiger partial charge in [-0.3, -0.25) is 0 Å². The molecule has 4 aromatic rings. The molecular formula is C27H29FN6O2S. The van der Waals surface area contributed by atoms with Gasteiger partial charge in [-0.05, 0) is 54.7 Å². The Morgan fingerprint density at radius 2 is 1.54 bits per heavy atom. The van der Waals surface area contributed by atoms with Crippen molar-refractivity contribution in [3.8, 4) is 11.3 Å². The summed E-state index contributed by atoms with van der Waals surface area (Å²) in [5.74, 6) is 1.22. The number of halogens is 1. The third-order valence-electron chi connectivity index (χ3n) is 7.49. The lowest BCUT2D eigenvalue weighted by molar-refractivity contribution is 0.382. The fraction of sp³-hybridized carbons (Fsp3) is 0.370. The van der Waals surface area contributed by atoms with Crippen molar-refractivity contribution in [3.63, 3.8) is 0 Å². The van der Waals surface area contributed by atoms with Crippen LogP contribution in [0.5, 0.6) is 0 Å². The van der Waals surface area contributed by atoms with Gasteiger partial charge in [0.15, 0.2) is 0 Å². The summed E-state index contributed by atoms with van der Waals surface area (Å²) in [6, 6.07) is 15.6. The minimum atomic E-state index is -3.68. The van der Waals surface area contributed by atoms with Gasteiger partial charge in [0.05, 0.1) is 10.6 Å². The molecule has 0 bridgehead atoms. The van der Waals surface area contributed by atoms with Gasteiger partial charge in [-0.1, -0.05) is 43.5 Å². The molecule has 2 fully saturated rings. The van der Waals surface area contributed by atoms with E-state index in [1.165, 1.54) is 54.1 Å². The number of aromatic nitrogens is 4. The number of benzene rings is 2. The van der Waals surface area contributed by atoms with Crippen molar-refractivity contribution >= 4 is 21.7 Å². The zero-order valence-corrected chi connectivity index (χ0v) is 21.3. The third kappa shape index (κ3) is 4.71. The fourth-order valence-corrected chi connectivity index (χ4v) is 6.80. The standard InChI is InChI=1S/C27H29FN6O2S/c28-23-10-12-24(13-11-23)37(35,36)33-18-16-32(17-19-33)27-30-26-29-15-14-25(34(26)31-27)22-8-6-21(7-9-22)20-4-2-1-3-5-20/h6-15,20H,1-5,16-19H2. The average Bonchev–Trinajstić information content (AvgIpc) is 3.39. The van der Waals surface area contributed by atoms with Gasteiger partial charge in [0.25, 0.3) is 5.78 Å². The fourth-order valence-electron chi connectivity index (χ4n) is 5.38. The first kappa shape index (κ1) is 24.0.